The quantitative estimate of drug-likeness (QED) is 0.620. The van der Waals surface area contributed by atoms with Gasteiger partial charge in [0.25, 0.3) is 5.69 Å². The van der Waals surface area contributed by atoms with Crippen LogP contribution in [0.2, 0.25) is 0 Å². The number of hydrogen-bond acceptors (Lipinski definition) is 6. The Bertz CT molecular complexity index is 903. The van der Waals surface area contributed by atoms with Crippen molar-refractivity contribution < 1.29 is 14.5 Å². The second-order valence-corrected chi connectivity index (χ2v) is 8.32. The van der Waals surface area contributed by atoms with Gasteiger partial charge in [-0.2, -0.15) is 0 Å². The molecule has 1 saturated heterocycles. The molecular formula is C20H27N5O4. The normalized spacial score (nSPS) is 17.1. The summed E-state index contributed by atoms with van der Waals surface area (Å²) in [6.45, 7) is 8.65. The second-order valence-electron chi connectivity index (χ2n) is 8.32. The van der Waals surface area contributed by atoms with Crippen molar-refractivity contribution in [2.24, 2.45) is 0 Å². The number of nitro groups is 1. The zero-order valence-electron chi connectivity index (χ0n) is 17.2. The number of nitrogens with one attached hydrogen (secondary N) is 1. The van der Waals surface area contributed by atoms with E-state index >= 15 is 0 Å². The van der Waals surface area contributed by atoms with E-state index < -0.39 is 16.6 Å². The van der Waals surface area contributed by atoms with Gasteiger partial charge in [-0.25, -0.2) is 9.78 Å². The molecule has 1 aliphatic rings. The zero-order valence-corrected chi connectivity index (χ0v) is 17.2. The molecule has 1 aliphatic heterocycles. The van der Waals surface area contributed by atoms with Gasteiger partial charge in [0.2, 0.25) is 0 Å². The summed E-state index contributed by atoms with van der Waals surface area (Å²) in [7, 11) is 0. The van der Waals surface area contributed by atoms with E-state index in [9.17, 15) is 14.9 Å². The molecule has 1 atom stereocenters. The number of ether oxygens (including phenoxy) is 1. The number of alkyl carbamates (subject to hydrolysis) is 1. The monoisotopic (exact) mass is 401 g/mol. The summed E-state index contributed by atoms with van der Waals surface area (Å²) in [6.07, 6.45) is 4.71. The van der Waals surface area contributed by atoms with Crippen LogP contribution in [0.15, 0.2) is 30.7 Å². The third kappa shape index (κ3) is 5.46. The number of anilines is 1. The molecule has 1 amide bonds. The van der Waals surface area contributed by atoms with E-state index in [1.807, 2.05) is 40.0 Å². The number of carbonyl (C=O) groups is 1. The molecule has 0 aliphatic carbocycles. The zero-order chi connectivity index (χ0) is 21.2. The Morgan fingerprint density at radius 3 is 2.66 bits per heavy atom. The molecule has 0 unspecified atom stereocenters. The minimum atomic E-state index is -0.559. The number of nitro benzene ring substituents is 1. The molecule has 0 saturated carbocycles. The van der Waals surface area contributed by atoms with Gasteiger partial charge in [-0.15, -0.1) is 0 Å². The molecule has 0 spiro atoms. The summed E-state index contributed by atoms with van der Waals surface area (Å²) in [6, 6.07) is 4.93. The average Bonchev–Trinajstić information content (AvgIpc) is 3.06. The van der Waals surface area contributed by atoms with Gasteiger partial charge >= 0.3 is 6.09 Å². The van der Waals surface area contributed by atoms with E-state index in [0.29, 0.717) is 12.2 Å². The van der Waals surface area contributed by atoms with Crippen LogP contribution in [-0.4, -0.2) is 45.3 Å². The SMILES string of the molecule is Cc1cn(-c2cc(N3CCC[C@H](NC(=O)OC(C)(C)C)C3)cc([N+](=O)[O-])c2)cn1. The topological polar surface area (TPSA) is 103 Å². The highest BCUT2D eigenvalue weighted by Gasteiger charge is 2.25. The van der Waals surface area contributed by atoms with Crippen molar-refractivity contribution in [3.05, 3.63) is 46.5 Å². The number of nitrogens with zero attached hydrogens (tertiary/aromatic N) is 4. The first-order chi connectivity index (χ1) is 13.6. The van der Waals surface area contributed by atoms with Gasteiger partial charge in [-0.1, -0.05) is 0 Å². The molecule has 9 nitrogen and oxygen atoms in total. The molecule has 29 heavy (non-hydrogen) atoms. The summed E-state index contributed by atoms with van der Waals surface area (Å²) >= 11 is 0. The highest BCUT2D eigenvalue weighted by atomic mass is 16.6. The molecule has 2 heterocycles. The van der Waals surface area contributed by atoms with E-state index in [2.05, 4.69) is 15.2 Å². The molecule has 3 rings (SSSR count). The van der Waals surface area contributed by atoms with Crippen molar-refractivity contribution in [2.45, 2.75) is 52.2 Å². The number of imidazole rings is 1. The van der Waals surface area contributed by atoms with Crippen molar-refractivity contribution in [1.82, 2.24) is 14.9 Å². The van der Waals surface area contributed by atoms with Gasteiger partial charge in [-0.05, 0) is 46.6 Å². The molecule has 1 aromatic heterocycles. The Kier molecular flexibility index (Phi) is 5.76. The van der Waals surface area contributed by atoms with Gasteiger partial charge < -0.3 is 19.5 Å². The summed E-state index contributed by atoms with van der Waals surface area (Å²) < 4.78 is 7.11. The number of hydrogen-bond donors (Lipinski definition) is 1. The van der Waals surface area contributed by atoms with Crippen LogP contribution in [0, 0.1) is 17.0 Å². The molecule has 156 valence electrons. The second kappa shape index (κ2) is 8.10. The number of rotatable bonds is 4. The maximum absolute atomic E-state index is 12.1. The van der Waals surface area contributed by atoms with Crippen LogP contribution in [0.25, 0.3) is 5.69 Å². The number of aryl methyl sites for hydroxylation is 1. The fraction of sp³-hybridized carbons (Fsp3) is 0.500. The van der Waals surface area contributed by atoms with E-state index in [4.69, 9.17) is 4.74 Å². The number of carbonyl (C=O) groups excluding carboxylic acids is 1. The first kappa shape index (κ1) is 20.6. The van der Waals surface area contributed by atoms with Crippen molar-refractivity contribution in [3.8, 4) is 5.69 Å². The van der Waals surface area contributed by atoms with Gasteiger partial charge in [-0.3, -0.25) is 10.1 Å². The van der Waals surface area contributed by atoms with Crippen LogP contribution in [-0.2, 0) is 4.74 Å². The molecule has 0 radical (unpaired) electrons. The van der Waals surface area contributed by atoms with Crippen LogP contribution in [0.4, 0.5) is 16.2 Å². The van der Waals surface area contributed by atoms with Crippen LogP contribution in [0.5, 0.6) is 0 Å². The molecule has 1 fully saturated rings. The fourth-order valence-electron chi connectivity index (χ4n) is 3.38. The van der Waals surface area contributed by atoms with Gasteiger partial charge in [0.1, 0.15) is 5.60 Å². The van der Waals surface area contributed by atoms with Crippen LogP contribution in [0.3, 0.4) is 0 Å². The molecule has 1 aromatic carbocycles. The molecular weight excluding hydrogens is 374 g/mol. The van der Waals surface area contributed by atoms with E-state index in [-0.39, 0.29) is 11.7 Å². The third-order valence-electron chi connectivity index (χ3n) is 4.62. The third-order valence-corrected chi connectivity index (χ3v) is 4.62. The van der Waals surface area contributed by atoms with Crippen LogP contribution in [0.1, 0.15) is 39.3 Å². The number of benzene rings is 1. The summed E-state index contributed by atoms with van der Waals surface area (Å²) in [5, 5.41) is 14.4. The Morgan fingerprint density at radius 1 is 1.31 bits per heavy atom. The Labute approximate surface area is 169 Å². The minimum absolute atomic E-state index is 0.0195. The van der Waals surface area contributed by atoms with Gasteiger partial charge in [0.15, 0.2) is 0 Å². The highest BCUT2D eigenvalue weighted by molar-refractivity contribution is 5.68. The number of aromatic nitrogens is 2. The molecule has 9 heteroatoms. The van der Waals surface area contributed by atoms with E-state index in [1.54, 1.807) is 17.0 Å². The van der Waals surface area contributed by atoms with E-state index in [1.165, 1.54) is 6.07 Å². The summed E-state index contributed by atoms with van der Waals surface area (Å²) in [5.74, 6) is 0. The molecule has 1 N–H and O–H groups in total. The summed E-state index contributed by atoms with van der Waals surface area (Å²) in [5.41, 5.74) is 1.72. The molecule has 0 bridgehead atoms. The van der Waals surface area contributed by atoms with Crippen molar-refractivity contribution in [1.29, 1.82) is 0 Å². The minimum Gasteiger partial charge on any atom is -0.444 e. The fourth-order valence-corrected chi connectivity index (χ4v) is 3.38. The molecule has 2 aromatic rings. The highest BCUT2D eigenvalue weighted by Crippen LogP contribution is 2.28. The standard InChI is InChI=1S/C20H27N5O4/c1-14-11-24(13-21-14)17-8-16(9-18(10-17)25(27)28)23-7-5-6-15(12-23)22-19(26)29-20(2,3)4/h8-11,13,15H,5-7,12H2,1-4H3,(H,22,26)/t15-/m0/s1. The lowest BCUT2D eigenvalue weighted by molar-refractivity contribution is -0.384. The lowest BCUT2D eigenvalue weighted by atomic mass is 10.0. The Balaban J connectivity index is 1.80. The first-order valence-corrected chi connectivity index (χ1v) is 9.65. The van der Waals surface area contributed by atoms with Crippen molar-refractivity contribution in [3.63, 3.8) is 0 Å². The maximum Gasteiger partial charge on any atom is 0.407 e. The van der Waals surface area contributed by atoms with Crippen molar-refractivity contribution in [2.75, 3.05) is 18.0 Å². The Morgan fingerprint density at radius 2 is 2.03 bits per heavy atom. The Hall–Kier alpha value is -3.10. The van der Waals surface area contributed by atoms with Crippen LogP contribution >= 0.6 is 0 Å². The smallest absolute Gasteiger partial charge is 0.407 e. The largest absolute Gasteiger partial charge is 0.444 e. The van der Waals surface area contributed by atoms with E-state index in [0.717, 1.165) is 30.8 Å². The predicted molar refractivity (Wildman–Crippen MR) is 110 cm³/mol. The number of amides is 1. The lowest BCUT2D eigenvalue weighted by Gasteiger charge is -2.35. The maximum atomic E-state index is 12.1. The number of non-ortho nitro benzene ring substituents is 1. The van der Waals surface area contributed by atoms with Crippen molar-refractivity contribution >= 4 is 17.5 Å². The first-order valence-electron chi connectivity index (χ1n) is 9.65. The van der Waals surface area contributed by atoms with Gasteiger partial charge in [0, 0.05) is 43.1 Å². The number of piperidine rings is 1. The predicted octanol–water partition coefficient (Wildman–Crippen LogP) is 3.58. The average molecular weight is 401 g/mol. The lowest BCUT2D eigenvalue weighted by Crippen LogP contribution is -2.49. The van der Waals surface area contributed by atoms with Crippen LogP contribution < -0.4 is 10.2 Å². The van der Waals surface area contributed by atoms with Gasteiger partial charge in [0.05, 0.1) is 22.6 Å². The summed E-state index contributed by atoms with van der Waals surface area (Å²) in [4.78, 5) is 29.4.